The number of sulfonamides is 1. The summed E-state index contributed by atoms with van der Waals surface area (Å²) in [7, 11) is -3.77. The van der Waals surface area contributed by atoms with Crippen LogP contribution in [0.1, 0.15) is 12.5 Å². The monoisotopic (exact) mass is 410 g/mol. The first-order chi connectivity index (χ1) is 13.9. The van der Waals surface area contributed by atoms with Gasteiger partial charge in [-0.05, 0) is 48.9 Å². The highest BCUT2D eigenvalue weighted by atomic mass is 32.2. The van der Waals surface area contributed by atoms with E-state index in [1.807, 2.05) is 30.3 Å². The van der Waals surface area contributed by atoms with Crippen LogP contribution in [0.25, 0.3) is 0 Å². The van der Waals surface area contributed by atoms with Crippen molar-refractivity contribution in [2.24, 2.45) is 0 Å². The second-order valence-electron chi connectivity index (χ2n) is 6.44. The zero-order valence-electron chi connectivity index (χ0n) is 15.9. The molecule has 6 nitrogen and oxygen atoms in total. The van der Waals surface area contributed by atoms with Gasteiger partial charge < -0.3 is 10.1 Å². The maximum atomic E-state index is 12.3. The van der Waals surface area contributed by atoms with Gasteiger partial charge in [0.15, 0.2) is 0 Å². The van der Waals surface area contributed by atoms with Gasteiger partial charge in [0.25, 0.3) is 0 Å². The highest BCUT2D eigenvalue weighted by Crippen LogP contribution is 2.17. The topological polar surface area (TPSA) is 84.5 Å². The number of carbonyl (C=O) groups excluding carboxylic acids is 1. The summed E-state index contributed by atoms with van der Waals surface area (Å²) in [5, 5.41) is 2.70. The third kappa shape index (κ3) is 5.91. The van der Waals surface area contributed by atoms with Gasteiger partial charge in [0, 0.05) is 5.69 Å². The molecular formula is C22H22N2O4S. The Labute approximate surface area is 170 Å². The first-order valence-corrected chi connectivity index (χ1v) is 10.6. The quantitative estimate of drug-likeness (QED) is 0.595. The van der Waals surface area contributed by atoms with E-state index < -0.39 is 22.0 Å². The van der Waals surface area contributed by atoms with Crippen LogP contribution in [0.4, 0.5) is 5.69 Å². The van der Waals surface area contributed by atoms with Crippen LogP contribution in [0.5, 0.6) is 5.75 Å². The number of benzene rings is 3. The lowest BCUT2D eigenvalue weighted by atomic mass is 10.2. The molecule has 3 aromatic rings. The van der Waals surface area contributed by atoms with Crippen molar-refractivity contribution < 1.29 is 17.9 Å². The fourth-order valence-electron chi connectivity index (χ4n) is 2.58. The molecule has 7 heteroatoms. The van der Waals surface area contributed by atoms with Gasteiger partial charge in [-0.3, -0.25) is 4.79 Å². The van der Waals surface area contributed by atoms with Crippen molar-refractivity contribution in [2.75, 3.05) is 5.32 Å². The number of rotatable bonds is 8. The average Bonchev–Trinajstić information content (AvgIpc) is 2.74. The van der Waals surface area contributed by atoms with E-state index in [-0.39, 0.29) is 4.90 Å². The van der Waals surface area contributed by atoms with Crippen molar-refractivity contribution in [3.63, 3.8) is 0 Å². The predicted molar refractivity (Wildman–Crippen MR) is 112 cm³/mol. The van der Waals surface area contributed by atoms with E-state index in [2.05, 4.69) is 10.0 Å². The van der Waals surface area contributed by atoms with Crippen LogP contribution < -0.4 is 14.8 Å². The molecule has 1 atom stereocenters. The molecule has 0 saturated heterocycles. The molecule has 1 amide bonds. The maximum absolute atomic E-state index is 12.3. The summed E-state index contributed by atoms with van der Waals surface area (Å²) in [6.07, 6.45) is 0. The van der Waals surface area contributed by atoms with Crippen LogP contribution in [0, 0.1) is 0 Å². The van der Waals surface area contributed by atoms with Crippen LogP contribution in [0.15, 0.2) is 89.8 Å². The molecule has 0 aliphatic heterocycles. The third-order valence-electron chi connectivity index (χ3n) is 4.15. The molecule has 150 valence electrons. The van der Waals surface area contributed by atoms with Crippen molar-refractivity contribution in [3.05, 3.63) is 90.5 Å². The Hall–Kier alpha value is -3.16. The predicted octanol–water partition coefficient (Wildman–Crippen LogP) is 3.57. The van der Waals surface area contributed by atoms with Gasteiger partial charge in [-0.2, -0.15) is 4.72 Å². The Kier molecular flexibility index (Phi) is 6.64. The summed E-state index contributed by atoms with van der Waals surface area (Å²) >= 11 is 0. The summed E-state index contributed by atoms with van der Waals surface area (Å²) in [5.41, 5.74) is 1.61. The highest BCUT2D eigenvalue weighted by molar-refractivity contribution is 7.89. The molecule has 0 aliphatic rings. The highest BCUT2D eigenvalue weighted by Gasteiger charge is 2.21. The molecule has 0 heterocycles. The van der Waals surface area contributed by atoms with Crippen molar-refractivity contribution >= 4 is 21.6 Å². The van der Waals surface area contributed by atoms with Crippen LogP contribution in [0.3, 0.4) is 0 Å². The minimum absolute atomic E-state index is 0.111. The zero-order valence-corrected chi connectivity index (χ0v) is 16.7. The summed E-state index contributed by atoms with van der Waals surface area (Å²) in [6, 6.07) is 23.7. The molecule has 3 aromatic carbocycles. The number of amides is 1. The molecule has 3 rings (SSSR count). The summed E-state index contributed by atoms with van der Waals surface area (Å²) < 4.78 is 32.7. The summed E-state index contributed by atoms with van der Waals surface area (Å²) in [4.78, 5) is 12.5. The Balaban J connectivity index is 1.54. The van der Waals surface area contributed by atoms with Crippen LogP contribution in [-0.4, -0.2) is 20.4 Å². The van der Waals surface area contributed by atoms with E-state index in [1.165, 1.54) is 19.1 Å². The molecule has 0 aromatic heterocycles. The average molecular weight is 410 g/mol. The SMILES string of the molecule is C[C@@H](NS(=O)(=O)c1ccccc1)C(=O)Nc1ccc(OCc2ccccc2)cc1. The number of anilines is 1. The Morgan fingerprint density at radius 2 is 1.48 bits per heavy atom. The molecule has 2 N–H and O–H groups in total. The van der Waals surface area contributed by atoms with Crippen molar-refractivity contribution in [3.8, 4) is 5.75 Å². The van der Waals surface area contributed by atoms with E-state index in [4.69, 9.17) is 4.74 Å². The first kappa shape index (κ1) is 20.6. The third-order valence-corrected chi connectivity index (χ3v) is 5.71. The van der Waals surface area contributed by atoms with Crippen LogP contribution in [-0.2, 0) is 21.4 Å². The van der Waals surface area contributed by atoms with E-state index in [0.717, 1.165) is 5.56 Å². The van der Waals surface area contributed by atoms with Gasteiger partial charge in [-0.25, -0.2) is 8.42 Å². The fraction of sp³-hybridized carbons (Fsp3) is 0.136. The molecule has 0 unspecified atom stereocenters. The van der Waals surface area contributed by atoms with Gasteiger partial charge in [0.1, 0.15) is 12.4 Å². The van der Waals surface area contributed by atoms with Crippen molar-refractivity contribution in [2.45, 2.75) is 24.5 Å². The molecule has 0 aliphatic carbocycles. The van der Waals surface area contributed by atoms with E-state index in [1.54, 1.807) is 42.5 Å². The lowest BCUT2D eigenvalue weighted by molar-refractivity contribution is -0.117. The maximum Gasteiger partial charge on any atom is 0.242 e. The van der Waals surface area contributed by atoms with Gasteiger partial charge in [0.2, 0.25) is 15.9 Å². The number of hydrogen-bond acceptors (Lipinski definition) is 4. The number of ether oxygens (including phenoxy) is 1. The number of hydrogen-bond donors (Lipinski definition) is 2. The first-order valence-electron chi connectivity index (χ1n) is 9.09. The van der Waals surface area contributed by atoms with Crippen LogP contribution in [0.2, 0.25) is 0 Å². The minimum Gasteiger partial charge on any atom is -0.489 e. The standard InChI is InChI=1S/C22H22N2O4S/c1-17(24-29(26,27)21-10-6-3-7-11-21)22(25)23-19-12-14-20(15-13-19)28-16-18-8-4-2-5-9-18/h2-15,17,24H,16H2,1H3,(H,23,25)/t17-/m1/s1. The van der Waals surface area contributed by atoms with Gasteiger partial charge in [-0.1, -0.05) is 48.5 Å². The van der Waals surface area contributed by atoms with E-state index in [0.29, 0.717) is 18.0 Å². The lowest BCUT2D eigenvalue weighted by Gasteiger charge is -2.15. The van der Waals surface area contributed by atoms with Crippen LogP contribution >= 0.6 is 0 Å². The minimum atomic E-state index is -3.77. The number of nitrogens with one attached hydrogen (secondary N) is 2. The molecule has 0 fully saturated rings. The van der Waals surface area contributed by atoms with E-state index in [9.17, 15) is 13.2 Å². The molecule has 0 spiro atoms. The molecule has 0 radical (unpaired) electrons. The van der Waals surface area contributed by atoms with E-state index >= 15 is 0 Å². The molecular weight excluding hydrogens is 388 g/mol. The molecule has 0 saturated carbocycles. The smallest absolute Gasteiger partial charge is 0.242 e. The second-order valence-corrected chi connectivity index (χ2v) is 8.16. The van der Waals surface area contributed by atoms with Crippen molar-refractivity contribution in [1.82, 2.24) is 4.72 Å². The summed E-state index contributed by atoms with van der Waals surface area (Å²) in [5.74, 6) is 0.215. The Morgan fingerprint density at radius 1 is 0.897 bits per heavy atom. The van der Waals surface area contributed by atoms with Crippen molar-refractivity contribution in [1.29, 1.82) is 0 Å². The Bertz CT molecular complexity index is 1040. The lowest BCUT2D eigenvalue weighted by Crippen LogP contribution is -2.41. The molecule has 0 bridgehead atoms. The van der Waals surface area contributed by atoms with Gasteiger partial charge in [-0.15, -0.1) is 0 Å². The molecule has 29 heavy (non-hydrogen) atoms. The Morgan fingerprint density at radius 3 is 2.10 bits per heavy atom. The number of carbonyl (C=O) groups is 1. The largest absolute Gasteiger partial charge is 0.489 e. The van der Waals surface area contributed by atoms with Gasteiger partial charge >= 0.3 is 0 Å². The second kappa shape index (κ2) is 9.36. The normalized spacial score (nSPS) is 12.2. The van der Waals surface area contributed by atoms with Gasteiger partial charge in [0.05, 0.1) is 10.9 Å². The summed E-state index contributed by atoms with van der Waals surface area (Å²) in [6.45, 7) is 1.94. The fourth-order valence-corrected chi connectivity index (χ4v) is 3.80. The zero-order chi connectivity index (χ0) is 20.7.